The van der Waals surface area contributed by atoms with Gasteiger partial charge in [-0.15, -0.1) is 0 Å². The standard InChI is InChI=1S/C11H13FN2O3S/c1-11(3-5-18(16,17)7-11)14-10(15)8-2-4-13-6-9(8)12/h2,4,6H,3,5,7H2,1H3,(H,14,15). The van der Waals surface area contributed by atoms with Crippen LogP contribution in [0.15, 0.2) is 18.5 Å². The van der Waals surface area contributed by atoms with E-state index in [1.165, 1.54) is 12.3 Å². The third kappa shape index (κ3) is 2.66. The van der Waals surface area contributed by atoms with E-state index < -0.39 is 27.1 Å². The van der Waals surface area contributed by atoms with E-state index in [-0.39, 0.29) is 17.1 Å². The summed E-state index contributed by atoms with van der Waals surface area (Å²) in [6.07, 6.45) is 2.60. The third-order valence-corrected chi connectivity index (χ3v) is 4.84. The molecule has 1 aromatic rings. The molecule has 1 saturated heterocycles. The maximum absolute atomic E-state index is 13.3. The Morgan fingerprint density at radius 3 is 2.83 bits per heavy atom. The van der Waals surface area contributed by atoms with Crippen LogP contribution in [0.1, 0.15) is 23.7 Å². The Bertz CT molecular complexity index is 588. The van der Waals surface area contributed by atoms with Crippen LogP contribution in [0.2, 0.25) is 0 Å². The van der Waals surface area contributed by atoms with Crippen molar-refractivity contribution < 1.29 is 17.6 Å². The number of carbonyl (C=O) groups excluding carboxylic acids is 1. The number of amides is 1. The molecule has 1 aliphatic heterocycles. The summed E-state index contributed by atoms with van der Waals surface area (Å²) in [5.74, 6) is -1.41. The van der Waals surface area contributed by atoms with Crippen LogP contribution in [0.3, 0.4) is 0 Å². The van der Waals surface area contributed by atoms with E-state index in [9.17, 15) is 17.6 Å². The normalized spacial score (nSPS) is 25.9. The molecule has 1 unspecified atom stereocenters. The van der Waals surface area contributed by atoms with Crippen LogP contribution in [0, 0.1) is 5.82 Å². The van der Waals surface area contributed by atoms with E-state index in [0.29, 0.717) is 6.42 Å². The number of hydrogen-bond donors (Lipinski definition) is 1. The second-order valence-corrected chi connectivity index (χ2v) is 6.90. The fourth-order valence-electron chi connectivity index (χ4n) is 2.01. The van der Waals surface area contributed by atoms with Gasteiger partial charge in [0.05, 0.1) is 28.8 Å². The minimum atomic E-state index is -3.11. The third-order valence-electron chi connectivity index (χ3n) is 2.94. The molecular weight excluding hydrogens is 259 g/mol. The topological polar surface area (TPSA) is 76.1 Å². The number of nitrogens with zero attached hydrogens (tertiary/aromatic N) is 1. The molecule has 1 N–H and O–H groups in total. The molecule has 2 heterocycles. The number of pyridine rings is 1. The Morgan fingerprint density at radius 1 is 1.56 bits per heavy atom. The van der Waals surface area contributed by atoms with Gasteiger partial charge in [-0.05, 0) is 19.4 Å². The van der Waals surface area contributed by atoms with Crippen molar-refractivity contribution in [1.29, 1.82) is 0 Å². The van der Waals surface area contributed by atoms with Gasteiger partial charge in [-0.25, -0.2) is 12.8 Å². The predicted molar refractivity (Wildman–Crippen MR) is 63.3 cm³/mol. The van der Waals surface area contributed by atoms with Gasteiger partial charge in [0, 0.05) is 6.20 Å². The largest absolute Gasteiger partial charge is 0.346 e. The zero-order chi connectivity index (χ0) is 13.4. The van der Waals surface area contributed by atoms with Crippen molar-refractivity contribution in [3.63, 3.8) is 0 Å². The SMILES string of the molecule is CC1(NC(=O)c2ccncc2F)CCS(=O)(=O)C1. The number of sulfone groups is 1. The highest BCUT2D eigenvalue weighted by atomic mass is 32.2. The van der Waals surface area contributed by atoms with Crippen molar-refractivity contribution in [2.75, 3.05) is 11.5 Å². The molecule has 0 aliphatic carbocycles. The van der Waals surface area contributed by atoms with Gasteiger partial charge < -0.3 is 5.32 Å². The van der Waals surface area contributed by atoms with Gasteiger partial charge in [0.1, 0.15) is 0 Å². The van der Waals surface area contributed by atoms with Crippen molar-refractivity contribution in [2.45, 2.75) is 18.9 Å². The number of aromatic nitrogens is 1. The van der Waals surface area contributed by atoms with Crippen molar-refractivity contribution in [3.05, 3.63) is 29.8 Å². The summed E-state index contributed by atoms with van der Waals surface area (Å²) in [5, 5.41) is 2.58. The number of carbonyl (C=O) groups is 1. The molecule has 1 amide bonds. The molecule has 7 heteroatoms. The molecule has 98 valence electrons. The van der Waals surface area contributed by atoms with Crippen LogP contribution in [-0.2, 0) is 9.84 Å². The van der Waals surface area contributed by atoms with Crippen molar-refractivity contribution >= 4 is 15.7 Å². The molecule has 1 aliphatic rings. The highest BCUT2D eigenvalue weighted by Crippen LogP contribution is 2.23. The van der Waals surface area contributed by atoms with E-state index in [4.69, 9.17) is 0 Å². The van der Waals surface area contributed by atoms with Crippen molar-refractivity contribution in [3.8, 4) is 0 Å². The molecular formula is C11H13FN2O3S. The minimum Gasteiger partial charge on any atom is -0.346 e. The summed E-state index contributed by atoms with van der Waals surface area (Å²) in [7, 11) is -3.11. The Labute approximate surface area is 104 Å². The number of hydrogen-bond acceptors (Lipinski definition) is 4. The van der Waals surface area contributed by atoms with Crippen LogP contribution >= 0.6 is 0 Å². The Morgan fingerprint density at radius 2 is 2.28 bits per heavy atom. The number of halogens is 1. The van der Waals surface area contributed by atoms with Crippen LogP contribution in [0.4, 0.5) is 4.39 Å². The number of rotatable bonds is 2. The summed E-state index contributed by atoms with van der Waals surface area (Å²) in [5.41, 5.74) is -0.957. The molecule has 0 saturated carbocycles. The van der Waals surface area contributed by atoms with Gasteiger partial charge in [-0.2, -0.15) is 0 Å². The van der Waals surface area contributed by atoms with Crippen LogP contribution in [0.5, 0.6) is 0 Å². The predicted octanol–water partition coefficient (Wildman–Crippen LogP) is 0.528. The Hall–Kier alpha value is -1.50. The molecule has 0 spiro atoms. The fourth-order valence-corrected chi connectivity index (χ4v) is 4.10. The first-order valence-electron chi connectivity index (χ1n) is 5.44. The van der Waals surface area contributed by atoms with Crippen LogP contribution < -0.4 is 5.32 Å². The molecule has 18 heavy (non-hydrogen) atoms. The first-order valence-corrected chi connectivity index (χ1v) is 7.26. The summed E-state index contributed by atoms with van der Waals surface area (Å²) in [6.45, 7) is 1.65. The van der Waals surface area contributed by atoms with Gasteiger partial charge in [0.15, 0.2) is 15.7 Å². The summed E-state index contributed by atoms with van der Waals surface area (Å²) < 4.78 is 36.1. The Balaban J connectivity index is 2.16. The maximum atomic E-state index is 13.3. The molecule has 5 nitrogen and oxygen atoms in total. The van der Waals surface area contributed by atoms with Gasteiger partial charge >= 0.3 is 0 Å². The second kappa shape index (κ2) is 4.31. The quantitative estimate of drug-likeness (QED) is 0.852. The highest BCUT2D eigenvalue weighted by molar-refractivity contribution is 7.91. The zero-order valence-electron chi connectivity index (χ0n) is 9.81. The number of nitrogens with one attached hydrogen (secondary N) is 1. The van der Waals surface area contributed by atoms with Crippen LogP contribution in [0.25, 0.3) is 0 Å². The minimum absolute atomic E-state index is 0.0443. The molecule has 1 aromatic heterocycles. The van der Waals surface area contributed by atoms with Gasteiger partial charge in [-0.3, -0.25) is 9.78 Å². The zero-order valence-corrected chi connectivity index (χ0v) is 10.6. The van der Waals surface area contributed by atoms with Crippen molar-refractivity contribution in [1.82, 2.24) is 10.3 Å². The Kier molecular flexibility index (Phi) is 3.10. The summed E-state index contributed by atoms with van der Waals surface area (Å²) in [6, 6.07) is 1.26. The molecule has 0 bridgehead atoms. The molecule has 1 fully saturated rings. The average molecular weight is 272 g/mol. The lowest BCUT2D eigenvalue weighted by molar-refractivity contribution is 0.0911. The molecule has 0 aromatic carbocycles. The van der Waals surface area contributed by atoms with E-state index in [1.54, 1.807) is 6.92 Å². The van der Waals surface area contributed by atoms with E-state index in [0.717, 1.165) is 6.20 Å². The van der Waals surface area contributed by atoms with Crippen LogP contribution in [-0.4, -0.2) is 36.4 Å². The lowest BCUT2D eigenvalue weighted by Crippen LogP contribution is -2.47. The first-order chi connectivity index (χ1) is 8.31. The van der Waals surface area contributed by atoms with E-state index in [2.05, 4.69) is 10.3 Å². The lowest BCUT2D eigenvalue weighted by Gasteiger charge is -2.23. The summed E-state index contributed by atoms with van der Waals surface area (Å²) in [4.78, 5) is 15.4. The molecule has 0 radical (unpaired) electrons. The van der Waals surface area contributed by atoms with Gasteiger partial charge in [-0.1, -0.05) is 0 Å². The highest BCUT2D eigenvalue weighted by Gasteiger charge is 2.39. The van der Waals surface area contributed by atoms with E-state index >= 15 is 0 Å². The fraction of sp³-hybridized carbons (Fsp3) is 0.455. The van der Waals surface area contributed by atoms with Gasteiger partial charge in [0.25, 0.3) is 5.91 Å². The molecule has 2 rings (SSSR count). The maximum Gasteiger partial charge on any atom is 0.254 e. The lowest BCUT2D eigenvalue weighted by atomic mass is 10.0. The first kappa shape index (κ1) is 12.9. The monoisotopic (exact) mass is 272 g/mol. The van der Waals surface area contributed by atoms with E-state index in [1.807, 2.05) is 0 Å². The molecule has 1 atom stereocenters. The average Bonchev–Trinajstić information content (AvgIpc) is 2.53. The summed E-state index contributed by atoms with van der Waals surface area (Å²) >= 11 is 0. The smallest absolute Gasteiger partial charge is 0.254 e. The van der Waals surface area contributed by atoms with Crippen molar-refractivity contribution in [2.24, 2.45) is 0 Å². The second-order valence-electron chi connectivity index (χ2n) is 4.71. The van der Waals surface area contributed by atoms with Gasteiger partial charge in [0.2, 0.25) is 0 Å².